The van der Waals surface area contributed by atoms with Crippen LogP contribution >= 0.6 is 11.3 Å². The van der Waals surface area contributed by atoms with Gasteiger partial charge in [0.25, 0.3) is 5.91 Å². The summed E-state index contributed by atoms with van der Waals surface area (Å²) >= 11 is 1.36. The molecule has 9 heteroatoms. The molecule has 7 nitrogen and oxygen atoms in total. The number of carbonyl (C=O) groups is 1. The van der Waals surface area contributed by atoms with Crippen LogP contribution in [0.2, 0.25) is 0 Å². The lowest BCUT2D eigenvalue weighted by Crippen LogP contribution is -2.25. The summed E-state index contributed by atoms with van der Waals surface area (Å²) in [6.45, 7) is 2.94. The first-order valence-electron chi connectivity index (χ1n) is 8.91. The van der Waals surface area contributed by atoms with Crippen molar-refractivity contribution in [1.29, 1.82) is 0 Å². The maximum Gasteiger partial charge on any atom is 0.257 e. The van der Waals surface area contributed by atoms with Gasteiger partial charge in [0.2, 0.25) is 10.0 Å². The van der Waals surface area contributed by atoms with Crippen LogP contribution in [-0.2, 0) is 10.0 Å². The number of hydrogen-bond acceptors (Lipinski definition) is 6. The van der Waals surface area contributed by atoms with E-state index in [-0.39, 0.29) is 11.7 Å². The van der Waals surface area contributed by atoms with Gasteiger partial charge in [-0.25, -0.2) is 13.4 Å². The van der Waals surface area contributed by atoms with E-state index in [4.69, 9.17) is 4.74 Å². The molecule has 2 heterocycles. The molecule has 1 N–H and O–H groups in total. The molecule has 1 amide bonds. The fourth-order valence-corrected chi connectivity index (χ4v) is 5.56. The van der Waals surface area contributed by atoms with E-state index in [0.717, 1.165) is 16.0 Å². The fraction of sp³-hybridized carbons (Fsp3) is 0.263. The normalized spacial score (nSPS) is 15.7. The molecule has 2 aromatic carbocycles. The van der Waals surface area contributed by atoms with E-state index < -0.39 is 10.0 Å². The lowest BCUT2D eigenvalue weighted by atomic mass is 10.2. The Hall–Kier alpha value is -2.65. The highest BCUT2D eigenvalue weighted by atomic mass is 32.2. The van der Waals surface area contributed by atoms with E-state index >= 15 is 0 Å². The van der Waals surface area contributed by atoms with E-state index in [2.05, 4.69) is 10.3 Å². The van der Waals surface area contributed by atoms with Crippen molar-refractivity contribution in [2.75, 3.05) is 28.5 Å². The average molecular weight is 418 g/mol. The molecule has 1 aliphatic rings. The van der Waals surface area contributed by atoms with Crippen molar-refractivity contribution in [1.82, 2.24) is 4.98 Å². The summed E-state index contributed by atoms with van der Waals surface area (Å²) < 4.78 is 32.0. The first-order valence-corrected chi connectivity index (χ1v) is 11.3. The molecule has 1 saturated heterocycles. The second-order valence-electron chi connectivity index (χ2n) is 6.33. The summed E-state index contributed by atoms with van der Waals surface area (Å²) in [6.07, 6.45) is 0.591. The van der Waals surface area contributed by atoms with Crippen LogP contribution in [0.15, 0.2) is 42.5 Å². The smallest absolute Gasteiger partial charge is 0.257 e. The van der Waals surface area contributed by atoms with Gasteiger partial charge in [0.05, 0.1) is 28.3 Å². The van der Waals surface area contributed by atoms with E-state index in [1.165, 1.54) is 15.6 Å². The molecule has 0 saturated carbocycles. The van der Waals surface area contributed by atoms with E-state index in [9.17, 15) is 13.2 Å². The summed E-state index contributed by atoms with van der Waals surface area (Å²) in [6, 6.07) is 12.2. The number of thiazole rings is 1. The molecule has 0 unspecified atom stereocenters. The topological polar surface area (TPSA) is 88.6 Å². The van der Waals surface area contributed by atoms with Crippen LogP contribution in [-0.4, -0.2) is 38.2 Å². The van der Waals surface area contributed by atoms with Gasteiger partial charge in [-0.1, -0.05) is 17.4 Å². The minimum atomic E-state index is -3.29. The van der Waals surface area contributed by atoms with Gasteiger partial charge >= 0.3 is 0 Å². The zero-order chi connectivity index (χ0) is 19.7. The van der Waals surface area contributed by atoms with Crippen LogP contribution < -0.4 is 14.4 Å². The molecule has 28 heavy (non-hydrogen) atoms. The molecule has 1 aliphatic heterocycles. The molecule has 0 atom stereocenters. The predicted molar refractivity (Wildman–Crippen MR) is 111 cm³/mol. The summed E-state index contributed by atoms with van der Waals surface area (Å²) in [7, 11) is -3.29. The van der Waals surface area contributed by atoms with Crippen LogP contribution in [0.25, 0.3) is 10.2 Å². The number of carbonyl (C=O) groups excluding carboxylic acids is 1. The summed E-state index contributed by atoms with van der Waals surface area (Å²) in [5.41, 5.74) is 1.67. The van der Waals surface area contributed by atoms with E-state index in [1.807, 2.05) is 25.1 Å². The monoisotopic (exact) mass is 417 g/mol. The third-order valence-corrected chi connectivity index (χ3v) is 7.19. The van der Waals surface area contributed by atoms with Gasteiger partial charge in [0.1, 0.15) is 5.75 Å². The second kappa shape index (κ2) is 7.40. The highest BCUT2D eigenvalue weighted by Gasteiger charge is 2.28. The van der Waals surface area contributed by atoms with Gasteiger partial charge < -0.3 is 4.74 Å². The van der Waals surface area contributed by atoms with Crippen LogP contribution in [0, 0.1) is 0 Å². The Morgan fingerprint density at radius 1 is 1.29 bits per heavy atom. The molecule has 3 aromatic rings. The number of sulfonamides is 1. The molecular weight excluding hydrogens is 398 g/mol. The van der Waals surface area contributed by atoms with Gasteiger partial charge in [-0.3, -0.25) is 14.4 Å². The van der Waals surface area contributed by atoms with Crippen molar-refractivity contribution in [2.45, 2.75) is 13.3 Å². The molecule has 1 aromatic heterocycles. The van der Waals surface area contributed by atoms with Crippen molar-refractivity contribution in [3.05, 3.63) is 48.0 Å². The number of nitrogens with one attached hydrogen (secondary N) is 1. The number of amides is 1. The average Bonchev–Trinajstić information content (AvgIpc) is 3.23. The maximum atomic E-state index is 12.7. The Morgan fingerprint density at radius 3 is 2.89 bits per heavy atom. The number of aromatic nitrogens is 1. The lowest BCUT2D eigenvalue weighted by molar-refractivity contribution is 0.102. The molecule has 0 bridgehead atoms. The highest BCUT2D eigenvalue weighted by Crippen LogP contribution is 2.30. The molecule has 0 radical (unpaired) electrons. The number of nitrogens with zero attached hydrogens (tertiary/aromatic N) is 2. The number of ether oxygens (including phenoxy) is 1. The number of fused-ring (bicyclic) bond motifs is 1. The summed E-state index contributed by atoms with van der Waals surface area (Å²) in [5.74, 6) is 0.567. The molecule has 146 valence electrons. The van der Waals surface area contributed by atoms with Crippen LogP contribution in [0.3, 0.4) is 0 Å². The third-order valence-electron chi connectivity index (χ3n) is 4.39. The molecule has 4 rings (SSSR count). The molecule has 1 fully saturated rings. The Morgan fingerprint density at radius 2 is 2.14 bits per heavy atom. The van der Waals surface area contributed by atoms with Gasteiger partial charge in [-0.05, 0) is 49.7 Å². The first kappa shape index (κ1) is 18.7. The number of hydrogen-bond donors (Lipinski definition) is 1. The quantitative estimate of drug-likeness (QED) is 0.687. The van der Waals surface area contributed by atoms with Gasteiger partial charge in [0, 0.05) is 12.1 Å². The summed E-state index contributed by atoms with van der Waals surface area (Å²) in [4.78, 5) is 17.1. The lowest BCUT2D eigenvalue weighted by Gasteiger charge is -2.17. The first-order chi connectivity index (χ1) is 13.5. The second-order valence-corrected chi connectivity index (χ2v) is 9.37. The Bertz CT molecular complexity index is 1140. The number of anilines is 2. The number of rotatable bonds is 5. The largest absolute Gasteiger partial charge is 0.494 e. The SMILES string of the molecule is CCOc1ccc2nc(NC(=O)c3cccc(N4CCCS4(=O)=O)c3)sc2c1. The van der Waals surface area contributed by atoms with Crippen LogP contribution in [0.1, 0.15) is 23.7 Å². The molecular formula is C19H19N3O4S2. The summed E-state index contributed by atoms with van der Waals surface area (Å²) in [5, 5.41) is 3.28. The Kier molecular flexibility index (Phi) is 4.94. The Balaban J connectivity index is 1.55. The van der Waals surface area contributed by atoms with E-state index in [0.29, 0.717) is 36.0 Å². The van der Waals surface area contributed by atoms with Crippen molar-refractivity contribution in [2.24, 2.45) is 0 Å². The maximum absolute atomic E-state index is 12.7. The van der Waals surface area contributed by atoms with Crippen molar-refractivity contribution in [3.8, 4) is 5.75 Å². The van der Waals surface area contributed by atoms with Gasteiger partial charge in [-0.15, -0.1) is 0 Å². The fourth-order valence-electron chi connectivity index (χ4n) is 3.12. The predicted octanol–water partition coefficient (Wildman–Crippen LogP) is 3.49. The van der Waals surface area contributed by atoms with Crippen molar-refractivity contribution < 1.29 is 17.9 Å². The highest BCUT2D eigenvalue weighted by molar-refractivity contribution is 7.93. The molecule has 0 spiro atoms. The van der Waals surface area contributed by atoms with Gasteiger partial charge in [0.15, 0.2) is 5.13 Å². The van der Waals surface area contributed by atoms with Gasteiger partial charge in [-0.2, -0.15) is 0 Å². The van der Waals surface area contributed by atoms with E-state index in [1.54, 1.807) is 24.3 Å². The third kappa shape index (κ3) is 3.67. The standard InChI is InChI=1S/C19H19N3O4S2/c1-2-26-15-7-8-16-17(12-15)27-19(20-16)21-18(23)13-5-3-6-14(11-13)22-9-4-10-28(22,24)25/h3,5-8,11-12H,2,4,9-10H2,1H3,(H,20,21,23). The van der Waals surface area contributed by atoms with Crippen molar-refractivity contribution >= 4 is 48.3 Å². The minimum absolute atomic E-state index is 0.138. The van der Waals surface area contributed by atoms with Crippen molar-refractivity contribution in [3.63, 3.8) is 0 Å². The Labute approximate surface area is 167 Å². The zero-order valence-electron chi connectivity index (χ0n) is 15.2. The zero-order valence-corrected chi connectivity index (χ0v) is 16.8. The number of benzene rings is 2. The van der Waals surface area contributed by atoms with Crippen LogP contribution in [0.4, 0.5) is 10.8 Å². The van der Waals surface area contributed by atoms with Crippen LogP contribution in [0.5, 0.6) is 5.75 Å². The minimum Gasteiger partial charge on any atom is -0.494 e. The molecule has 0 aliphatic carbocycles.